The molecule has 0 bridgehead atoms. The minimum absolute atomic E-state index is 0.0188. The first-order valence-electron chi connectivity index (χ1n) is 15.6. The molecule has 0 radical (unpaired) electrons. The molecule has 1 saturated carbocycles. The van der Waals surface area contributed by atoms with Gasteiger partial charge in [0.15, 0.2) is 0 Å². The quantitative estimate of drug-likeness (QED) is 0.242. The molecule has 2 fully saturated rings. The molecular formula is C35H38FN7O3. The van der Waals surface area contributed by atoms with E-state index in [-0.39, 0.29) is 42.0 Å². The van der Waals surface area contributed by atoms with Crippen molar-refractivity contribution < 1.29 is 18.8 Å². The van der Waals surface area contributed by atoms with Gasteiger partial charge in [-0.15, -0.1) is 0 Å². The average Bonchev–Trinajstić information content (AvgIpc) is 3.50. The summed E-state index contributed by atoms with van der Waals surface area (Å²) in [6.07, 6.45) is 10.8. The second kappa shape index (κ2) is 13.2. The van der Waals surface area contributed by atoms with Crippen molar-refractivity contribution in [2.75, 3.05) is 27.2 Å². The molecule has 238 valence electrons. The number of likely N-dealkylation sites (tertiary alicyclic amines) is 1. The lowest BCUT2D eigenvalue weighted by atomic mass is 9.95. The smallest absolute Gasteiger partial charge is 0.270 e. The fourth-order valence-electron chi connectivity index (χ4n) is 5.89. The Morgan fingerprint density at radius 1 is 1.11 bits per heavy atom. The van der Waals surface area contributed by atoms with Gasteiger partial charge >= 0.3 is 0 Å². The van der Waals surface area contributed by atoms with Gasteiger partial charge in [0.05, 0.1) is 24.3 Å². The zero-order chi connectivity index (χ0) is 32.4. The van der Waals surface area contributed by atoms with Crippen LogP contribution in [0.2, 0.25) is 0 Å². The zero-order valence-electron chi connectivity index (χ0n) is 26.2. The molecule has 3 atom stereocenters. The Morgan fingerprint density at radius 3 is 2.67 bits per heavy atom. The number of amides is 3. The predicted octanol–water partition coefficient (Wildman–Crippen LogP) is 4.33. The molecule has 1 aliphatic carbocycles. The van der Waals surface area contributed by atoms with Crippen LogP contribution in [0, 0.1) is 11.7 Å². The van der Waals surface area contributed by atoms with Crippen LogP contribution in [0.5, 0.6) is 0 Å². The van der Waals surface area contributed by atoms with E-state index in [0.29, 0.717) is 29.8 Å². The Morgan fingerprint density at radius 2 is 1.93 bits per heavy atom. The summed E-state index contributed by atoms with van der Waals surface area (Å²) in [5.74, 6) is -0.911. The minimum Gasteiger partial charge on any atom is -0.348 e. The number of halogens is 1. The number of pyridine rings is 1. The molecule has 11 heteroatoms. The molecule has 46 heavy (non-hydrogen) atoms. The number of carbonyl (C=O) groups is 3. The Hall–Kier alpha value is -4.90. The molecule has 1 aliphatic heterocycles. The molecule has 2 aromatic heterocycles. The van der Waals surface area contributed by atoms with Gasteiger partial charge in [-0.1, -0.05) is 30.4 Å². The van der Waals surface area contributed by atoms with Gasteiger partial charge in [0, 0.05) is 29.7 Å². The van der Waals surface area contributed by atoms with Gasteiger partial charge in [-0.25, -0.2) is 9.37 Å². The predicted molar refractivity (Wildman–Crippen MR) is 174 cm³/mol. The normalized spacial score (nSPS) is 18.8. The molecule has 2 aliphatic rings. The van der Waals surface area contributed by atoms with Crippen LogP contribution in [0.4, 0.5) is 4.39 Å². The number of rotatable bonds is 10. The van der Waals surface area contributed by atoms with Crippen LogP contribution in [0.25, 0.3) is 28.1 Å². The fraction of sp³-hybridized carbons (Fsp3) is 0.343. The minimum atomic E-state index is -0.699. The van der Waals surface area contributed by atoms with Gasteiger partial charge in [-0.2, -0.15) is 5.10 Å². The van der Waals surface area contributed by atoms with Crippen LogP contribution in [0.1, 0.15) is 53.8 Å². The summed E-state index contributed by atoms with van der Waals surface area (Å²) in [5.41, 5.74) is 4.54. The van der Waals surface area contributed by atoms with Crippen molar-refractivity contribution in [1.82, 2.24) is 35.6 Å². The molecule has 3 N–H and O–H groups in total. The van der Waals surface area contributed by atoms with Gasteiger partial charge in [0.25, 0.3) is 5.91 Å². The topological polar surface area (TPSA) is 123 Å². The van der Waals surface area contributed by atoms with E-state index < -0.39 is 11.9 Å². The number of aromatic nitrogens is 3. The molecular weight excluding hydrogens is 585 g/mol. The number of fused-ring (bicyclic) bond motifs is 1. The Kier molecular flexibility index (Phi) is 8.94. The van der Waals surface area contributed by atoms with Crippen molar-refractivity contribution in [3.8, 4) is 11.1 Å². The van der Waals surface area contributed by atoms with E-state index in [4.69, 9.17) is 0 Å². The molecule has 1 saturated heterocycles. The Bertz CT molecular complexity index is 1780. The highest BCUT2D eigenvalue weighted by Gasteiger charge is 2.40. The van der Waals surface area contributed by atoms with E-state index in [1.54, 1.807) is 17.2 Å². The van der Waals surface area contributed by atoms with Gasteiger partial charge < -0.3 is 20.4 Å². The van der Waals surface area contributed by atoms with E-state index in [2.05, 4.69) is 56.2 Å². The van der Waals surface area contributed by atoms with Crippen LogP contribution in [0.15, 0.2) is 67.0 Å². The molecule has 3 heterocycles. The number of hydrogen-bond acceptors (Lipinski definition) is 6. The fourth-order valence-corrected chi connectivity index (χ4v) is 5.89. The van der Waals surface area contributed by atoms with Crippen LogP contribution >= 0.6 is 0 Å². The highest BCUT2D eigenvalue weighted by atomic mass is 19.1. The Balaban J connectivity index is 1.16. The van der Waals surface area contributed by atoms with Gasteiger partial charge in [0.2, 0.25) is 11.8 Å². The van der Waals surface area contributed by atoms with E-state index >= 15 is 0 Å². The van der Waals surface area contributed by atoms with Crippen LogP contribution in [-0.4, -0.2) is 82.0 Å². The third kappa shape index (κ3) is 6.99. The standard InChI is InChI=1S/C35H38FN7O3/c1-21(29-15-24(26-17-38-39-18-26)9-8-23(29)7-6-22-4-5-22)40-35(46)32-16-28(42(2)3)20-43(32)33(44)19-37-34(45)31-12-10-25-14-27(36)11-13-30(25)41-31/h6-15,17-18,21-22,28,32H,4-5,16,19-20H2,1-3H3,(H,37,45)(H,38,39)(H,40,46)/b7-6+/t21-,28+,32-/m0/s1. The first-order valence-corrected chi connectivity index (χ1v) is 15.6. The number of aromatic amines is 1. The monoisotopic (exact) mass is 623 g/mol. The summed E-state index contributed by atoms with van der Waals surface area (Å²) in [4.78, 5) is 48.1. The van der Waals surface area contributed by atoms with Crippen molar-refractivity contribution in [2.24, 2.45) is 5.92 Å². The lowest BCUT2D eigenvalue weighted by Gasteiger charge is -2.26. The van der Waals surface area contributed by atoms with Crippen molar-refractivity contribution in [3.63, 3.8) is 0 Å². The van der Waals surface area contributed by atoms with Crippen LogP contribution < -0.4 is 10.6 Å². The zero-order valence-corrected chi connectivity index (χ0v) is 26.2. The van der Waals surface area contributed by atoms with Crippen molar-refractivity contribution in [1.29, 1.82) is 0 Å². The molecule has 3 amide bonds. The van der Waals surface area contributed by atoms with Crippen LogP contribution in [-0.2, 0) is 9.59 Å². The summed E-state index contributed by atoms with van der Waals surface area (Å²) >= 11 is 0. The first kappa shape index (κ1) is 31.1. The lowest BCUT2D eigenvalue weighted by Crippen LogP contribution is -2.49. The third-order valence-electron chi connectivity index (χ3n) is 8.83. The van der Waals surface area contributed by atoms with Gasteiger partial charge in [-0.3, -0.25) is 19.5 Å². The van der Waals surface area contributed by atoms with Crippen molar-refractivity contribution in [3.05, 3.63) is 89.6 Å². The summed E-state index contributed by atoms with van der Waals surface area (Å²) in [7, 11) is 3.85. The van der Waals surface area contributed by atoms with E-state index in [1.807, 2.05) is 32.1 Å². The number of benzene rings is 2. The van der Waals surface area contributed by atoms with Crippen LogP contribution in [0.3, 0.4) is 0 Å². The number of hydrogen-bond donors (Lipinski definition) is 3. The Labute approximate surface area is 267 Å². The summed E-state index contributed by atoms with van der Waals surface area (Å²) in [6.45, 7) is 2.03. The van der Waals surface area contributed by atoms with E-state index in [9.17, 15) is 18.8 Å². The van der Waals surface area contributed by atoms with Crippen molar-refractivity contribution >= 4 is 34.7 Å². The molecule has 6 rings (SSSR count). The third-order valence-corrected chi connectivity index (χ3v) is 8.83. The number of likely N-dealkylation sites (N-methyl/N-ethyl adjacent to an activating group) is 1. The maximum absolute atomic E-state index is 13.8. The summed E-state index contributed by atoms with van der Waals surface area (Å²) in [5, 5.41) is 13.3. The van der Waals surface area contributed by atoms with Crippen molar-refractivity contribution in [2.45, 2.75) is 44.3 Å². The average molecular weight is 624 g/mol. The summed E-state index contributed by atoms with van der Waals surface area (Å²) in [6, 6.07) is 12.4. The number of H-pyrrole nitrogens is 1. The largest absolute Gasteiger partial charge is 0.348 e. The molecule has 4 aromatic rings. The maximum Gasteiger partial charge on any atom is 0.270 e. The van der Waals surface area contributed by atoms with E-state index in [0.717, 1.165) is 22.3 Å². The second-order valence-electron chi connectivity index (χ2n) is 12.4. The maximum atomic E-state index is 13.8. The molecule has 0 spiro atoms. The van der Waals surface area contributed by atoms with Gasteiger partial charge in [0.1, 0.15) is 17.6 Å². The second-order valence-corrected chi connectivity index (χ2v) is 12.4. The molecule has 0 unspecified atom stereocenters. The number of nitrogens with one attached hydrogen (secondary N) is 3. The lowest BCUT2D eigenvalue weighted by molar-refractivity contribution is -0.138. The highest BCUT2D eigenvalue weighted by molar-refractivity contribution is 5.97. The SMILES string of the molecule is C[C@H](NC(=O)[C@@H]1C[C@@H](N(C)C)CN1C(=O)CNC(=O)c1ccc2cc(F)ccc2n1)c1cc(-c2cn[nH]c2)ccc1/C=C/C1CC1. The first-order chi connectivity index (χ1) is 22.2. The number of carbonyl (C=O) groups excluding carboxylic acids is 3. The van der Waals surface area contributed by atoms with E-state index in [1.165, 1.54) is 37.1 Å². The summed E-state index contributed by atoms with van der Waals surface area (Å²) < 4.78 is 13.5. The molecule has 10 nitrogen and oxygen atoms in total. The molecule has 2 aromatic carbocycles. The highest BCUT2D eigenvalue weighted by Crippen LogP contribution is 2.33. The van der Waals surface area contributed by atoms with Gasteiger partial charge in [-0.05, 0) is 93.2 Å². The number of nitrogens with zero attached hydrogens (tertiary/aromatic N) is 4. The number of allylic oxidation sites excluding steroid dienone is 1.